The number of para-hydroxylation sites is 1. The first-order chi connectivity index (χ1) is 15.4. The van der Waals surface area contributed by atoms with Gasteiger partial charge < -0.3 is 28.6 Å². The van der Waals surface area contributed by atoms with Crippen molar-refractivity contribution in [2.45, 2.75) is 12.0 Å². The summed E-state index contributed by atoms with van der Waals surface area (Å²) in [5, 5.41) is 1.24. The number of likely N-dealkylation sites (N-methyl/N-ethyl adjacent to an activating group) is 1. The van der Waals surface area contributed by atoms with Gasteiger partial charge in [0.25, 0.3) is 5.91 Å². The van der Waals surface area contributed by atoms with Crippen molar-refractivity contribution < 1.29 is 19.0 Å². The predicted octanol–water partition coefficient (Wildman–Crippen LogP) is 3.37. The van der Waals surface area contributed by atoms with Gasteiger partial charge in [-0.25, -0.2) is 0 Å². The van der Waals surface area contributed by atoms with E-state index >= 15 is 0 Å². The number of amides is 1. The van der Waals surface area contributed by atoms with E-state index in [9.17, 15) is 4.79 Å². The van der Waals surface area contributed by atoms with E-state index in [0.717, 1.165) is 0 Å². The molecule has 2 atom stereocenters. The lowest BCUT2D eigenvalue weighted by Crippen LogP contribution is -2.35. The number of hydrogen-bond donors (Lipinski definition) is 0. The van der Waals surface area contributed by atoms with Crippen molar-refractivity contribution in [3.8, 4) is 17.2 Å². The normalized spacial score (nSPS) is 18.4. The average Bonchev–Trinajstić information content (AvgIpc) is 3.39. The molecule has 3 aromatic rings. The maximum atomic E-state index is 13.5. The Bertz CT molecular complexity index is 1110. The summed E-state index contributed by atoms with van der Waals surface area (Å²) in [6.07, 6.45) is 2.21. The van der Waals surface area contributed by atoms with Gasteiger partial charge in [-0.3, -0.25) is 4.79 Å². The Balaban J connectivity index is 1.69. The summed E-state index contributed by atoms with van der Waals surface area (Å²) in [5.41, 5.74) is 3.01. The summed E-state index contributed by atoms with van der Waals surface area (Å²) in [7, 11) is 10.9. The number of aryl methyl sites for hydroxylation is 1. The fraction of sp³-hybridized carbons (Fsp3) is 0.400. The molecular weight excluding hydrogens is 406 g/mol. The Morgan fingerprint density at radius 3 is 2.25 bits per heavy atom. The van der Waals surface area contributed by atoms with Crippen LogP contribution in [0.15, 0.2) is 42.6 Å². The van der Waals surface area contributed by atoms with Crippen LogP contribution in [0.5, 0.6) is 17.2 Å². The average molecular weight is 438 g/mol. The number of likely N-dealkylation sites (tertiary alicyclic amines) is 1. The molecule has 0 bridgehead atoms. The van der Waals surface area contributed by atoms with Crippen molar-refractivity contribution in [2.75, 3.05) is 48.5 Å². The standard InChI is InChI=1S/C25H31N3O4/c1-26(2)21-15-28(14-19(21)18-13-27(3)20-10-8-7-9-17(18)20)25(29)16-11-22(30-4)24(32-6)23(12-16)31-5/h7-13,19,21H,14-15H2,1-6H3/t19-,21+/m0/s1. The molecule has 0 aliphatic carbocycles. The minimum Gasteiger partial charge on any atom is -0.493 e. The zero-order valence-corrected chi connectivity index (χ0v) is 19.6. The summed E-state index contributed by atoms with van der Waals surface area (Å²) in [4.78, 5) is 17.7. The molecule has 1 aromatic heterocycles. The van der Waals surface area contributed by atoms with Crippen molar-refractivity contribution in [1.29, 1.82) is 0 Å². The highest BCUT2D eigenvalue weighted by molar-refractivity contribution is 5.96. The minimum absolute atomic E-state index is 0.0427. The van der Waals surface area contributed by atoms with E-state index < -0.39 is 0 Å². The predicted molar refractivity (Wildman–Crippen MR) is 125 cm³/mol. The number of hydrogen-bond acceptors (Lipinski definition) is 5. The molecule has 1 saturated heterocycles. The lowest BCUT2D eigenvalue weighted by molar-refractivity contribution is 0.0781. The summed E-state index contributed by atoms with van der Waals surface area (Å²) in [6, 6.07) is 12.1. The molecule has 1 aliphatic rings. The minimum atomic E-state index is -0.0427. The number of ether oxygens (including phenoxy) is 3. The zero-order chi connectivity index (χ0) is 23.0. The molecule has 0 saturated carbocycles. The molecule has 4 rings (SSSR count). The van der Waals surface area contributed by atoms with E-state index in [1.165, 1.54) is 16.5 Å². The first-order valence-corrected chi connectivity index (χ1v) is 10.7. The van der Waals surface area contributed by atoms with E-state index in [1.807, 2.05) is 4.90 Å². The molecular formula is C25H31N3O4. The van der Waals surface area contributed by atoms with Crippen LogP contribution in [-0.4, -0.2) is 74.8 Å². The van der Waals surface area contributed by atoms with Gasteiger partial charge in [-0.15, -0.1) is 0 Å². The summed E-state index contributed by atoms with van der Waals surface area (Å²) >= 11 is 0. The fourth-order valence-electron chi connectivity index (χ4n) is 4.84. The van der Waals surface area contributed by atoms with Gasteiger partial charge >= 0.3 is 0 Å². The van der Waals surface area contributed by atoms with Gasteiger partial charge in [0.15, 0.2) is 11.5 Å². The lowest BCUT2D eigenvalue weighted by Gasteiger charge is -2.24. The molecule has 2 heterocycles. The number of rotatable bonds is 6. The lowest BCUT2D eigenvalue weighted by atomic mass is 9.93. The van der Waals surface area contributed by atoms with Crippen LogP contribution in [0.4, 0.5) is 0 Å². The molecule has 1 aliphatic heterocycles. The van der Waals surface area contributed by atoms with E-state index in [1.54, 1.807) is 33.5 Å². The largest absolute Gasteiger partial charge is 0.493 e. The van der Waals surface area contributed by atoms with Gasteiger partial charge in [0.1, 0.15) is 0 Å². The number of nitrogens with zero attached hydrogens (tertiary/aromatic N) is 3. The monoisotopic (exact) mass is 437 g/mol. The number of aromatic nitrogens is 1. The van der Waals surface area contributed by atoms with Crippen LogP contribution >= 0.6 is 0 Å². The van der Waals surface area contributed by atoms with Crippen LogP contribution in [0.2, 0.25) is 0 Å². The molecule has 1 amide bonds. The van der Waals surface area contributed by atoms with Crippen LogP contribution < -0.4 is 14.2 Å². The number of methoxy groups -OCH3 is 3. The van der Waals surface area contributed by atoms with Crippen LogP contribution in [-0.2, 0) is 7.05 Å². The third kappa shape index (κ3) is 3.66. The Hall–Kier alpha value is -3.19. The van der Waals surface area contributed by atoms with Gasteiger partial charge in [0, 0.05) is 54.8 Å². The zero-order valence-electron chi connectivity index (χ0n) is 19.6. The molecule has 0 N–H and O–H groups in total. The summed E-state index contributed by atoms with van der Waals surface area (Å²) < 4.78 is 18.5. The Morgan fingerprint density at radius 2 is 1.66 bits per heavy atom. The highest BCUT2D eigenvalue weighted by atomic mass is 16.5. The second-order valence-corrected chi connectivity index (χ2v) is 8.47. The third-order valence-corrected chi connectivity index (χ3v) is 6.48. The Labute approximate surface area is 189 Å². The van der Waals surface area contributed by atoms with Crippen LogP contribution in [0.1, 0.15) is 21.8 Å². The van der Waals surface area contributed by atoms with Crippen molar-refractivity contribution >= 4 is 16.8 Å². The topological polar surface area (TPSA) is 56.2 Å². The maximum Gasteiger partial charge on any atom is 0.254 e. The molecule has 0 spiro atoms. The van der Waals surface area contributed by atoms with Crippen LogP contribution in [0, 0.1) is 0 Å². The van der Waals surface area contributed by atoms with E-state index in [2.05, 4.69) is 61.1 Å². The summed E-state index contributed by atoms with van der Waals surface area (Å²) in [5.74, 6) is 1.60. The van der Waals surface area contributed by atoms with Gasteiger partial charge in [0.05, 0.1) is 21.3 Å². The maximum absolute atomic E-state index is 13.5. The summed E-state index contributed by atoms with van der Waals surface area (Å²) in [6.45, 7) is 1.29. The van der Waals surface area contributed by atoms with Crippen molar-refractivity contribution in [3.63, 3.8) is 0 Å². The van der Waals surface area contributed by atoms with Crippen molar-refractivity contribution in [1.82, 2.24) is 14.4 Å². The third-order valence-electron chi connectivity index (χ3n) is 6.48. The highest BCUT2D eigenvalue weighted by Gasteiger charge is 2.39. The second-order valence-electron chi connectivity index (χ2n) is 8.47. The molecule has 1 fully saturated rings. The van der Waals surface area contributed by atoms with E-state index in [0.29, 0.717) is 35.9 Å². The Morgan fingerprint density at radius 1 is 1.00 bits per heavy atom. The van der Waals surface area contributed by atoms with E-state index in [4.69, 9.17) is 14.2 Å². The van der Waals surface area contributed by atoms with Crippen LogP contribution in [0.3, 0.4) is 0 Å². The van der Waals surface area contributed by atoms with Gasteiger partial charge in [-0.1, -0.05) is 18.2 Å². The van der Waals surface area contributed by atoms with Gasteiger partial charge in [-0.05, 0) is 37.9 Å². The van der Waals surface area contributed by atoms with Crippen molar-refractivity contribution in [2.24, 2.45) is 7.05 Å². The smallest absolute Gasteiger partial charge is 0.254 e. The number of carbonyl (C=O) groups excluding carboxylic acids is 1. The molecule has 7 heteroatoms. The van der Waals surface area contributed by atoms with Gasteiger partial charge in [0.2, 0.25) is 5.75 Å². The van der Waals surface area contributed by atoms with Gasteiger partial charge in [-0.2, -0.15) is 0 Å². The number of fused-ring (bicyclic) bond motifs is 1. The molecule has 0 radical (unpaired) electrons. The fourth-order valence-corrected chi connectivity index (χ4v) is 4.84. The van der Waals surface area contributed by atoms with Crippen molar-refractivity contribution in [3.05, 3.63) is 53.7 Å². The molecule has 170 valence electrons. The SMILES string of the molecule is COc1cc(C(=O)N2C[C@@H](N(C)C)[C@H](c3cn(C)c4ccccc34)C2)cc(OC)c1OC. The first-order valence-electron chi connectivity index (χ1n) is 10.7. The first kappa shape index (κ1) is 22.0. The van der Waals surface area contributed by atoms with E-state index in [-0.39, 0.29) is 17.9 Å². The molecule has 0 unspecified atom stereocenters. The number of benzene rings is 2. The highest BCUT2D eigenvalue weighted by Crippen LogP contribution is 2.40. The Kier molecular flexibility index (Phi) is 6.02. The second kappa shape index (κ2) is 8.74. The number of carbonyl (C=O) groups is 1. The molecule has 2 aromatic carbocycles. The van der Waals surface area contributed by atoms with Crippen LogP contribution in [0.25, 0.3) is 10.9 Å². The molecule has 32 heavy (non-hydrogen) atoms. The quantitative estimate of drug-likeness (QED) is 0.592. The molecule has 7 nitrogen and oxygen atoms in total.